The maximum absolute atomic E-state index is 11.9. The molecule has 1 aromatic heterocycles. The van der Waals surface area contributed by atoms with Gasteiger partial charge in [0.05, 0.1) is 5.56 Å². The van der Waals surface area contributed by atoms with Gasteiger partial charge < -0.3 is 16.0 Å². The van der Waals surface area contributed by atoms with Crippen molar-refractivity contribution in [2.45, 2.75) is 37.8 Å². The lowest BCUT2D eigenvalue weighted by Gasteiger charge is -2.14. The Balaban J connectivity index is 1.57. The van der Waals surface area contributed by atoms with Crippen LogP contribution >= 0.6 is 0 Å². The van der Waals surface area contributed by atoms with E-state index >= 15 is 0 Å². The van der Waals surface area contributed by atoms with E-state index in [1.54, 1.807) is 18.5 Å². The topological polar surface area (TPSA) is 70.9 Å². The highest BCUT2D eigenvalue weighted by molar-refractivity contribution is 5.94. The van der Waals surface area contributed by atoms with Crippen molar-refractivity contribution < 1.29 is 4.79 Å². The lowest BCUT2D eigenvalue weighted by atomic mass is 10.0. The van der Waals surface area contributed by atoms with Gasteiger partial charge in [-0.2, -0.15) is 0 Å². The first-order chi connectivity index (χ1) is 8.22. The molecule has 17 heavy (non-hydrogen) atoms. The van der Waals surface area contributed by atoms with Gasteiger partial charge in [0.25, 0.3) is 5.91 Å². The number of amides is 1. The molecule has 1 amide bonds. The first-order valence-corrected chi connectivity index (χ1v) is 6.41. The van der Waals surface area contributed by atoms with Crippen LogP contribution in [-0.2, 0) is 0 Å². The fourth-order valence-electron chi connectivity index (χ4n) is 3.52. The molecule has 0 spiro atoms. The minimum absolute atomic E-state index is 0.0421. The van der Waals surface area contributed by atoms with E-state index in [0.717, 1.165) is 43.1 Å². The Morgan fingerprint density at radius 1 is 1.29 bits per heavy atom. The van der Waals surface area contributed by atoms with Gasteiger partial charge in [-0.05, 0) is 43.6 Å². The molecule has 2 fully saturated rings. The van der Waals surface area contributed by atoms with E-state index in [1.807, 2.05) is 0 Å². The lowest BCUT2D eigenvalue weighted by molar-refractivity contribution is 0.0936. The molecule has 2 aliphatic carbocycles. The van der Waals surface area contributed by atoms with Crippen LogP contribution in [0.15, 0.2) is 18.5 Å². The summed E-state index contributed by atoms with van der Waals surface area (Å²) in [5.41, 5.74) is 6.68. The van der Waals surface area contributed by atoms with E-state index in [4.69, 9.17) is 5.73 Å². The Kier molecular flexibility index (Phi) is 2.67. The van der Waals surface area contributed by atoms with Gasteiger partial charge in [0.2, 0.25) is 0 Å². The van der Waals surface area contributed by atoms with Crippen LogP contribution in [0.5, 0.6) is 0 Å². The average Bonchev–Trinajstić information content (AvgIpc) is 2.91. The highest BCUT2D eigenvalue weighted by Gasteiger charge is 2.40. The zero-order chi connectivity index (χ0) is 11.8. The summed E-state index contributed by atoms with van der Waals surface area (Å²) in [5, 5.41) is 3.12. The predicted octanol–water partition coefficient (Wildman–Crippen LogP) is 1.26. The van der Waals surface area contributed by atoms with Gasteiger partial charge in [0, 0.05) is 24.5 Å². The second-order valence-electron chi connectivity index (χ2n) is 5.49. The first-order valence-electron chi connectivity index (χ1n) is 6.41. The number of aromatic nitrogens is 1. The smallest absolute Gasteiger partial charge is 0.253 e. The molecule has 4 nitrogen and oxygen atoms in total. The molecule has 4 heteroatoms. The van der Waals surface area contributed by atoms with Crippen molar-refractivity contribution in [2.24, 2.45) is 17.6 Å². The summed E-state index contributed by atoms with van der Waals surface area (Å²) in [6, 6.07) is 2.55. The monoisotopic (exact) mass is 233 g/mol. The largest absolute Gasteiger partial charge is 0.367 e. The molecular weight excluding hydrogens is 214 g/mol. The van der Waals surface area contributed by atoms with Crippen LogP contribution in [-0.4, -0.2) is 23.0 Å². The number of hydrogen-bond donors (Lipinski definition) is 3. The molecule has 0 bridgehead atoms. The number of carbonyl (C=O) groups excluding carboxylic acids is 1. The fourth-order valence-corrected chi connectivity index (χ4v) is 3.52. The number of rotatable bonds is 2. The van der Waals surface area contributed by atoms with Crippen molar-refractivity contribution in [3.8, 4) is 0 Å². The third-order valence-corrected chi connectivity index (χ3v) is 4.25. The molecule has 4 N–H and O–H groups in total. The number of H-pyrrole nitrogens is 1. The van der Waals surface area contributed by atoms with E-state index in [-0.39, 0.29) is 5.91 Å². The minimum Gasteiger partial charge on any atom is -0.367 e. The third-order valence-electron chi connectivity index (χ3n) is 4.25. The molecule has 2 saturated carbocycles. The maximum atomic E-state index is 11.9. The summed E-state index contributed by atoms with van der Waals surface area (Å²) >= 11 is 0. The molecule has 1 aromatic rings. The number of nitrogens with one attached hydrogen (secondary N) is 2. The Morgan fingerprint density at radius 3 is 2.59 bits per heavy atom. The molecule has 0 aliphatic heterocycles. The van der Waals surface area contributed by atoms with Gasteiger partial charge in [-0.15, -0.1) is 0 Å². The average molecular weight is 233 g/mol. The minimum atomic E-state index is 0.0421. The summed E-state index contributed by atoms with van der Waals surface area (Å²) in [6.07, 6.45) is 8.00. The van der Waals surface area contributed by atoms with E-state index < -0.39 is 0 Å². The third kappa shape index (κ3) is 2.09. The summed E-state index contributed by atoms with van der Waals surface area (Å²) < 4.78 is 0. The van der Waals surface area contributed by atoms with Crippen LogP contribution in [0, 0.1) is 11.8 Å². The van der Waals surface area contributed by atoms with Crippen LogP contribution < -0.4 is 11.1 Å². The summed E-state index contributed by atoms with van der Waals surface area (Å²) in [7, 11) is 0. The predicted molar refractivity (Wildman–Crippen MR) is 65.5 cm³/mol. The quantitative estimate of drug-likeness (QED) is 0.719. The maximum Gasteiger partial charge on any atom is 0.253 e. The van der Waals surface area contributed by atoms with Gasteiger partial charge in [0.15, 0.2) is 0 Å². The van der Waals surface area contributed by atoms with E-state index in [1.165, 1.54) is 0 Å². The highest BCUT2D eigenvalue weighted by atomic mass is 16.1. The van der Waals surface area contributed by atoms with Crippen LogP contribution in [0.2, 0.25) is 0 Å². The fraction of sp³-hybridized carbons (Fsp3) is 0.615. The van der Waals surface area contributed by atoms with E-state index in [0.29, 0.717) is 12.1 Å². The van der Waals surface area contributed by atoms with Crippen LogP contribution in [0.3, 0.4) is 0 Å². The summed E-state index contributed by atoms with van der Waals surface area (Å²) in [6.45, 7) is 0. The molecule has 0 saturated heterocycles. The molecule has 3 rings (SSSR count). The van der Waals surface area contributed by atoms with Crippen molar-refractivity contribution in [1.82, 2.24) is 10.3 Å². The van der Waals surface area contributed by atoms with Gasteiger partial charge in [-0.3, -0.25) is 4.79 Å². The Hall–Kier alpha value is -1.29. The SMILES string of the molecule is NC1CC2CC(NC(=O)c3cc[nH]c3)CC2C1. The molecule has 92 valence electrons. The number of aromatic amines is 1. The first kappa shape index (κ1) is 10.8. The van der Waals surface area contributed by atoms with Gasteiger partial charge >= 0.3 is 0 Å². The number of hydrogen-bond acceptors (Lipinski definition) is 2. The van der Waals surface area contributed by atoms with Gasteiger partial charge in [-0.25, -0.2) is 0 Å². The number of fused-ring (bicyclic) bond motifs is 1. The molecule has 2 aliphatic rings. The highest BCUT2D eigenvalue weighted by Crippen LogP contribution is 2.43. The second kappa shape index (κ2) is 4.18. The summed E-state index contributed by atoms with van der Waals surface area (Å²) in [4.78, 5) is 14.8. The van der Waals surface area contributed by atoms with Crippen molar-refractivity contribution in [3.63, 3.8) is 0 Å². The normalized spacial score (nSPS) is 35.8. The molecule has 0 aromatic carbocycles. The number of carbonyl (C=O) groups is 1. The lowest BCUT2D eigenvalue weighted by Crippen LogP contribution is -2.33. The van der Waals surface area contributed by atoms with Crippen LogP contribution in [0.25, 0.3) is 0 Å². The zero-order valence-electron chi connectivity index (χ0n) is 9.86. The second-order valence-corrected chi connectivity index (χ2v) is 5.49. The Morgan fingerprint density at radius 2 is 2.00 bits per heavy atom. The number of nitrogens with two attached hydrogens (primary N) is 1. The Bertz CT molecular complexity index is 387. The standard InChI is InChI=1S/C13H19N3O/c14-11-3-9-5-12(6-10(9)4-11)16-13(17)8-1-2-15-7-8/h1-2,7,9-12,15H,3-6,14H2,(H,16,17). The Labute approximate surface area is 101 Å². The van der Waals surface area contributed by atoms with E-state index in [2.05, 4.69) is 10.3 Å². The van der Waals surface area contributed by atoms with E-state index in [9.17, 15) is 4.79 Å². The van der Waals surface area contributed by atoms with Crippen LogP contribution in [0.1, 0.15) is 36.0 Å². The molecular formula is C13H19N3O. The molecule has 0 radical (unpaired) electrons. The van der Waals surface area contributed by atoms with Gasteiger partial charge in [-0.1, -0.05) is 0 Å². The molecule has 2 atom stereocenters. The van der Waals surface area contributed by atoms with Crippen molar-refractivity contribution in [2.75, 3.05) is 0 Å². The summed E-state index contributed by atoms with van der Waals surface area (Å²) in [5.74, 6) is 1.52. The van der Waals surface area contributed by atoms with Crippen molar-refractivity contribution in [1.29, 1.82) is 0 Å². The van der Waals surface area contributed by atoms with Crippen molar-refractivity contribution in [3.05, 3.63) is 24.0 Å². The van der Waals surface area contributed by atoms with Crippen LogP contribution in [0.4, 0.5) is 0 Å². The molecule has 1 heterocycles. The van der Waals surface area contributed by atoms with Gasteiger partial charge in [0.1, 0.15) is 0 Å². The molecule has 2 unspecified atom stereocenters. The zero-order valence-corrected chi connectivity index (χ0v) is 9.86. The van der Waals surface area contributed by atoms with Crippen molar-refractivity contribution >= 4 is 5.91 Å².